The molecular weight excluding hydrogens is 324 g/mol. The van der Waals surface area contributed by atoms with Crippen LogP contribution in [0, 0.1) is 0 Å². The Balaban J connectivity index is 1.60. The number of thioether (sulfide) groups is 1. The van der Waals surface area contributed by atoms with Gasteiger partial charge in [-0.05, 0) is 12.1 Å². The third-order valence-corrected chi connectivity index (χ3v) is 6.95. The summed E-state index contributed by atoms with van der Waals surface area (Å²) in [5.41, 5.74) is 0. The van der Waals surface area contributed by atoms with Crippen LogP contribution in [0.2, 0.25) is 0 Å². The van der Waals surface area contributed by atoms with Gasteiger partial charge in [-0.25, -0.2) is 8.42 Å². The summed E-state index contributed by atoms with van der Waals surface area (Å²) in [7, 11) is -1.18. The maximum absolute atomic E-state index is 11.9. The van der Waals surface area contributed by atoms with E-state index in [1.54, 1.807) is 24.1 Å². The Hall–Kier alpha value is -1.54. The van der Waals surface area contributed by atoms with Gasteiger partial charge in [-0.1, -0.05) is 30.0 Å². The molecule has 118 valence electrons. The molecule has 2 aliphatic rings. The van der Waals surface area contributed by atoms with Crippen LogP contribution in [-0.2, 0) is 14.6 Å². The first-order valence-corrected chi connectivity index (χ1v) is 9.54. The Labute approximate surface area is 133 Å². The van der Waals surface area contributed by atoms with Crippen molar-refractivity contribution in [2.45, 2.75) is 11.3 Å². The van der Waals surface area contributed by atoms with Gasteiger partial charge in [0.25, 0.3) is 5.91 Å². The maximum Gasteiger partial charge on any atom is 0.285 e. The third kappa shape index (κ3) is 3.27. The summed E-state index contributed by atoms with van der Waals surface area (Å²) in [6.07, 6.45) is 0. The summed E-state index contributed by atoms with van der Waals surface area (Å²) in [5.74, 6) is 0.530. The molecule has 1 amide bonds. The SMILES string of the molecule is CN1C(=NC(=O)COc2ccccc2)S[C@H]2CS(=O)(=O)C[C@H]21. The Bertz CT molecular complexity index is 703. The van der Waals surface area contributed by atoms with Gasteiger partial charge in [0.15, 0.2) is 21.6 Å². The van der Waals surface area contributed by atoms with Gasteiger partial charge in [-0.2, -0.15) is 4.99 Å². The number of sulfone groups is 1. The van der Waals surface area contributed by atoms with Gasteiger partial charge in [0, 0.05) is 12.3 Å². The van der Waals surface area contributed by atoms with E-state index in [9.17, 15) is 13.2 Å². The molecule has 2 aliphatic heterocycles. The number of nitrogens with zero attached hydrogens (tertiary/aromatic N) is 2. The third-order valence-electron chi connectivity index (χ3n) is 3.65. The number of carbonyl (C=O) groups is 1. The number of rotatable bonds is 3. The van der Waals surface area contributed by atoms with Crippen molar-refractivity contribution in [3.8, 4) is 5.75 Å². The summed E-state index contributed by atoms with van der Waals surface area (Å²) in [6, 6.07) is 8.97. The molecule has 0 unspecified atom stereocenters. The highest BCUT2D eigenvalue weighted by Gasteiger charge is 2.47. The van der Waals surface area contributed by atoms with Crippen LogP contribution >= 0.6 is 11.8 Å². The lowest BCUT2D eigenvalue weighted by Crippen LogP contribution is -2.34. The second kappa shape index (κ2) is 5.92. The van der Waals surface area contributed by atoms with E-state index in [1.165, 1.54) is 11.8 Å². The van der Waals surface area contributed by atoms with Crippen LogP contribution in [0.4, 0.5) is 0 Å². The largest absolute Gasteiger partial charge is 0.484 e. The molecule has 0 N–H and O–H groups in total. The van der Waals surface area contributed by atoms with E-state index in [-0.39, 0.29) is 35.3 Å². The highest BCUT2D eigenvalue weighted by Crippen LogP contribution is 2.36. The fraction of sp³-hybridized carbons (Fsp3) is 0.429. The Morgan fingerprint density at radius 3 is 2.77 bits per heavy atom. The highest BCUT2D eigenvalue weighted by molar-refractivity contribution is 8.15. The van der Waals surface area contributed by atoms with Crippen LogP contribution in [0.15, 0.2) is 35.3 Å². The molecule has 3 rings (SSSR count). The number of amidine groups is 1. The van der Waals surface area contributed by atoms with Gasteiger partial charge in [0.05, 0.1) is 17.5 Å². The molecule has 8 heteroatoms. The van der Waals surface area contributed by atoms with Gasteiger partial charge in [0.1, 0.15) is 5.75 Å². The fourth-order valence-electron chi connectivity index (χ4n) is 2.54. The monoisotopic (exact) mass is 340 g/mol. The second-order valence-electron chi connectivity index (χ2n) is 5.30. The molecule has 0 saturated carbocycles. The first-order valence-electron chi connectivity index (χ1n) is 6.84. The van der Waals surface area contributed by atoms with Crippen LogP contribution in [-0.4, -0.2) is 60.8 Å². The van der Waals surface area contributed by atoms with Gasteiger partial charge in [-0.3, -0.25) is 4.79 Å². The zero-order valence-electron chi connectivity index (χ0n) is 12.0. The van der Waals surface area contributed by atoms with Crippen molar-refractivity contribution >= 4 is 32.7 Å². The van der Waals surface area contributed by atoms with E-state index in [0.717, 1.165) is 0 Å². The topological polar surface area (TPSA) is 76.0 Å². The molecule has 0 bridgehead atoms. The van der Waals surface area contributed by atoms with Gasteiger partial charge < -0.3 is 9.64 Å². The highest BCUT2D eigenvalue weighted by atomic mass is 32.2. The summed E-state index contributed by atoms with van der Waals surface area (Å²) >= 11 is 1.36. The van der Waals surface area contributed by atoms with Gasteiger partial charge in [-0.15, -0.1) is 0 Å². The number of hydrogen-bond acceptors (Lipinski definition) is 5. The number of benzene rings is 1. The molecule has 0 aliphatic carbocycles. The van der Waals surface area contributed by atoms with Crippen molar-refractivity contribution in [2.75, 3.05) is 25.2 Å². The predicted octanol–water partition coefficient (Wildman–Crippen LogP) is 0.792. The molecule has 2 atom stereocenters. The summed E-state index contributed by atoms with van der Waals surface area (Å²) < 4.78 is 28.6. The van der Waals surface area contributed by atoms with Crippen molar-refractivity contribution in [1.82, 2.24) is 4.90 Å². The average molecular weight is 340 g/mol. The number of para-hydroxylation sites is 1. The van der Waals surface area contributed by atoms with Crippen molar-refractivity contribution in [1.29, 1.82) is 0 Å². The van der Waals surface area contributed by atoms with Crippen molar-refractivity contribution in [3.05, 3.63) is 30.3 Å². The maximum atomic E-state index is 11.9. The molecule has 2 heterocycles. The standard InChI is InChI=1S/C14H16N2O4S2/c1-16-11-8-22(18,19)9-12(11)21-14(16)15-13(17)7-20-10-5-3-2-4-6-10/h2-6,11-12H,7-9H2,1H3/t11-,12+/m1/s1. The van der Waals surface area contributed by atoms with Crippen molar-refractivity contribution < 1.29 is 17.9 Å². The van der Waals surface area contributed by atoms with Crippen LogP contribution in [0.1, 0.15) is 0 Å². The van der Waals surface area contributed by atoms with E-state index >= 15 is 0 Å². The molecule has 0 spiro atoms. The molecule has 1 aromatic rings. The Morgan fingerprint density at radius 1 is 1.36 bits per heavy atom. The molecule has 0 aromatic heterocycles. The van der Waals surface area contributed by atoms with E-state index in [1.807, 2.05) is 18.2 Å². The zero-order valence-corrected chi connectivity index (χ0v) is 13.6. The van der Waals surface area contributed by atoms with Crippen LogP contribution in [0.5, 0.6) is 5.75 Å². The second-order valence-corrected chi connectivity index (χ2v) is 8.66. The molecular formula is C14H16N2O4S2. The summed E-state index contributed by atoms with van der Waals surface area (Å²) in [4.78, 5) is 17.7. The summed E-state index contributed by atoms with van der Waals surface area (Å²) in [5, 5.41) is 0.545. The number of aliphatic imine (C=N–C) groups is 1. The Kier molecular flexibility index (Phi) is 4.14. The average Bonchev–Trinajstić information content (AvgIpc) is 2.92. The first kappa shape index (κ1) is 15.4. The number of amides is 1. The quantitative estimate of drug-likeness (QED) is 0.810. The molecule has 6 nitrogen and oxygen atoms in total. The number of carbonyl (C=O) groups excluding carboxylic acids is 1. The van der Waals surface area contributed by atoms with Crippen molar-refractivity contribution in [3.63, 3.8) is 0 Å². The lowest BCUT2D eigenvalue weighted by Gasteiger charge is -2.17. The van der Waals surface area contributed by atoms with Crippen molar-refractivity contribution in [2.24, 2.45) is 4.99 Å². The van der Waals surface area contributed by atoms with Crippen LogP contribution in [0.25, 0.3) is 0 Å². The summed E-state index contributed by atoms with van der Waals surface area (Å²) in [6.45, 7) is -0.129. The Morgan fingerprint density at radius 2 is 2.09 bits per heavy atom. The molecule has 0 radical (unpaired) electrons. The molecule has 1 aromatic carbocycles. The number of fused-ring (bicyclic) bond motifs is 1. The molecule has 2 saturated heterocycles. The van der Waals surface area contributed by atoms with Crippen LogP contribution < -0.4 is 4.74 Å². The minimum Gasteiger partial charge on any atom is -0.484 e. The lowest BCUT2D eigenvalue weighted by molar-refractivity contribution is -0.119. The minimum absolute atomic E-state index is 0.0309. The smallest absolute Gasteiger partial charge is 0.285 e. The molecule has 22 heavy (non-hydrogen) atoms. The zero-order chi connectivity index (χ0) is 15.7. The fourth-order valence-corrected chi connectivity index (χ4v) is 6.55. The van der Waals surface area contributed by atoms with E-state index in [4.69, 9.17) is 4.74 Å². The number of hydrogen-bond donors (Lipinski definition) is 0. The van der Waals surface area contributed by atoms with Gasteiger partial charge >= 0.3 is 0 Å². The number of ether oxygens (including phenoxy) is 1. The van der Waals surface area contributed by atoms with Gasteiger partial charge in [0.2, 0.25) is 0 Å². The molecule has 2 fully saturated rings. The lowest BCUT2D eigenvalue weighted by atomic mass is 10.2. The predicted molar refractivity (Wildman–Crippen MR) is 86.0 cm³/mol. The van der Waals surface area contributed by atoms with E-state index in [2.05, 4.69) is 4.99 Å². The van der Waals surface area contributed by atoms with E-state index < -0.39 is 9.84 Å². The van der Waals surface area contributed by atoms with E-state index in [0.29, 0.717) is 10.9 Å². The first-order chi connectivity index (χ1) is 10.4. The van der Waals surface area contributed by atoms with Crippen LogP contribution in [0.3, 0.4) is 0 Å². The minimum atomic E-state index is -2.96. The normalized spacial score (nSPS) is 27.9.